The van der Waals surface area contributed by atoms with Gasteiger partial charge in [0.2, 0.25) is 0 Å². The third kappa shape index (κ3) is 3.16. The lowest BCUT2D eigenvalue weighted by molar-refractivity contribution is 0.0982. The van der Waals surface area contributed by atoms with Gasteiger partial charge in [0.1, 0.15) is 0 Å². The molecule has 0 saturated heterocycles. The van der Waals surface area contributed by atoms with Crippen LogP contribution in [-0.4, -0.2) is 18.4 Å². The van der Waals surface area contributed by atoms with Crippen LogP contribution in [0.5, 0.6) is 0 Å². The largest absolute Gasteiger partial charge is 0.314 e. The maximum atomic E-state index is 12.1. The number of ketones is 1. The summed E-state index contributed by atoms with van der Waals surface area (Å²) in [6.45, 7) is 6.99. The van der Waals surface area contributed by atoms with Gasteiger partial charge < -0.3 is 5.32 Å². The Morgan fingerprint density at radius 2 is 1.82 bits per heavy atom. The van der Waals surface area contributed by atoms with Gasteiger partial charge in [-0.05, 0) is 56.4 Å². The third-order valence-electron chi connectivity index (χ3n) is 3.50. The highest BCUT2D eigenvalue weighted by Gasteiger charge is 2.20. The monoisotopic (exact) mass is 231 g/mol. The van der Waals surface area contributed by atoms with Crippen molar-refractivity contribution in [2.75, 3.05) is 6.54 Å². The molecule has 1 aromatic carbocycles. The van der Waals surface area contributed by atoms with Crippen LogP contribution < -0.4 is 5.32 Å². The van der Waals surface area contributed by atoms with Gasteiger partial charge in [-0.2, -0.15) is 0 Å². The van der Waals surface area contributed by atoms with Crippen molar-refractivity contribution < 1.29 is 4.79 Å². The van der Waals surface area contributed by atoms with Crippen LogP contribution in [0.3, 0.4) is 0 Å². The molecule has 1 N–H and O–H groups in total. The lowest BCUT2D eigenvalue weighted by Crippen LogP contribution is -2.20. The van der Waals surface area contributed by atoms with Crippen molar-refractivity contribution in [1.82, 2.24) is 5.32 Å². The fourth-order valence-corrected chi connectivity index (χ4v) is 2.07. The van der Waals surface area contributed by atoms with E-state index in [4.69, 9.17) is 0 Å². The summed E-state index contributed by atoms with van der Waals surface area (Å²) in [5.74, 6) is 0.263. The number of rotatable bonds is 5. The van der Waals surface area contributed by atoms with Crippen molar-refractivity contribution in [3.8, 4) is 0 Å². The minimum absolute atomic E-state index is 0.263. The van der Waals surface area contributed by atoms with Crippen LogP contribution in [0.25, 0.3) is 0 Å². The minimum atomic E-state index is 0.263. The molecule has 1 aromatic rings. The molecule has 1 saturated carbocycles. The number of aryl methyl sites for hydroxylation is 3. The summed E-state index contributed by atoms with van der Waals surface area (Å²) in [7, 11) is 0. The summed E-state index contributed by atoms with van der Waals surface area (Å²) in [4.78, 5) is 12.1. The molecule has 0 amide bonds. The van der Waals surface area contributed by atoms with Crippen LogP contribution >= 0.6 is 0 Å². The van der Waals surface area contributed by atoms with Crippen molar-refractivity contribution in [2.45, 2.75) is 46.1 Å². The molecule has 1 fully saturated rings. The lowest BCUT2D eigenvalue weighted by Gasteiger charge is -2.09. The zero-order valence-electron chi connectivity index (χ0n) is 11.0. The van der Waals surface area contributed by atoms with Gasteiger partial charge in [0.05, 0.1) is 0 Å². The Bertz CT molecular complexity index is 433. The number of benzene rings is 1. The van der Waals surface area contributed by atoms with Crippen LogP contribution in [-0.2, 0) is 0 Å². The van der Waals surface area contributed by atoms with Crippen molar-refractivity contribution in [2.24, 2.45) is 0 Å². The Labute approximate surface area is 103 Å². The molecule has 0 heterocycles. The van der Waals surface area contributed by atoms with Crippen molar-refractivity contribution in [3.05, 3.63) is 34.4 Å². The van der Waals surface area contributed by atoms with E-state index in [0.29, 0.717) is 12.5 Å². The SMILES string of the molecule is Cc1cc(C)c(C(=O)CCNC2CC2)cc1C. The fourth-order valence-electron chi connectivity index (χ4n) is 2.07. The summed E-state index contributed by atoms with van der Waals surface area (Å²) in [5, 5.41) is 3.38. The number of Topliss-reactive ketones (excluding diaryl/α,β-unsaturated/α-hetero) is 1. The normalized spacial score (nSPS) is 15.0. The Kier molecular flexibility index (Phi) is 3.63. The zero-order valence-corrected chi connectivity index (χ0v) is 11.0. The smallest absolute Gasteiger partial charge is 0.164 e. The second-order valence-electron chi connectivity index (χ2n) is 5.15. The number of carbonyl (C=O) groups is 1. The standard InChI is InChI=1S/C15H21NO/c1-10-8-12(3)14(9-11(10)2)15(17)6-7-16-13-4-5-13/h8-9,13,16H,4-7H2,1-3H3. The molecule has 0 spiro atoms. The van der Waals surface area contributed by atoms with Gasteiger partial charge in [0.15, 0.2) is 5.78 Å². The second-order valence-corrected chi connectivity index (χ2v) is 5.15. The van der Waals surface area contributed by atoms with Gasteiger partial charge >= 0.3 is 0 Å². The molecule has 2 nitrogen and oxygen atoms in total. The molecular weight excluding hydrogens is 210 g/mol. The molecule has 0 unspecified atom stereocenters. The van der Waals surface area contributed by atoms with Crippen LogP contribution in [0.4, 0.5) is 0 Å². The quantitative estimate of drug-likeness (QED) is 0.789. The fraction of sp³-hybridized carbons (Fsp3) is 0.533. The van der Waals surface area contributed by atoms with Gasteiger partial charge in [-0.1, -0.05) is 6.07 Å². The first-order valence-corrected chi connectivity index (χ1v) is 6.42. The average Bonchev–Trinajstić information content (AvgIpc) is 3.07. The first-order valence-electron chi connectivity index (χ1n) is 6.42. The van der Waals surface area contributed by atoms with E-state index in [1.165, 1.54) is 24.0 Å². The first-order chi connectivity index (χ1) is 8.08. The highest BCUT2D eigenvalue weighted by Crippen LogP contribution is 2.19. The predicted molar refractivity (Wildman–Crippen MR) is 70.6 cm³/mol. The van der Waals surface area contributed by atoms with Crippen LogP contribution in [0.1, 0.15) is 46.3 Å². The Balaban J connectivity index is 1.99. The summed E-state index contributed by atoms with van der Waals surface area (Å²) in [6, 6.07) is 4.82. The predicted octanol–water partition coefficient (Wildman–Crippen LogP) is 2.94. The molecule has 0 aliphatic heterocycles. The average molecular weight is 231 g/mol. The van der Waals surface area contributed by atoms with Crippen molar-refractivity contribution >= 4 is 5.78 Å². The van der Waals surface area contributed by atoms with E-state index >= 15 is 0 Å². The molecule has 0 aromatic heterocycles. The molecule has 0 radical (unpaired) electrons. The van der Waals surface area contributed by atoms with E-state index in [0.717, 1.165) is 17.7 Å². The van der Waals surface area contributed by atoms with Crippen molar-refractivity contribution in [3.63, 3.8) is 0 Å². The molecule has 1 aliphatic rings. The number of nitrogens with one attached hydrogen (secondary N) is 1. The molecule has 2 rings (SSSR count). The van der Waals surface area contributed by atoms with E-state index < -0.39 is 0 Å². The maximum absolute atomic E-state index is 12.1. The van der Waals surface area contributed by atoms with Gasteiger partial charge in [0.25, 0.3) is 0 Å². The Morgan fingerprint density at radius 1 is 1.18 bits per heavy atom. The van der Waals surface area contributed by atoms with Gasteiger partial charge in [0, 0.05) is 24.6 Å². The lowest BCUT2D eigenvalue weighted by atomic mass is 9.97. The van der Waals surface area contributed by atoms with E-state index in [2.05, 4.69) is 25.2 Å². The van der Waals surface area contributed by atoms with Crippen LogP contribution in [0.15, 0.2) is 12.1 Å². The Hall–Kier alpha value is -1.15. The minimum Gasteiger partial charge on any atom is -0.314 e. The van der Waals surface area contributed by atoms with E-state index in [-0.39, 0.29) is 5.78 Å². The van der Waals surface area contributed by atoms with Crippen LogP contribution in [0, 0.1) is 20.8 Å². The number of hydrogen-bond acceptors (Lipinski definition) is 2. The maximum Gasteiger partial charge on any atom is 0.164 e. The molecule has 2 heteroatoms. The summed E-state index contributed by atoms with van der Waals surface area (Å²) >= 11 is 0. The number of hydrogen-bond donors (Lipinski definition) is 1. The molecular formula is C15H21NO. The molecule has 92 valence electrons. The highest BCUT2D eigenvalue weighted by molar-refractivity contribution is 5.97. The molecule has 1 aliphatic carbocycles. The van der Waals surface area contributed by atoms with Crippen molar-refractivity contribution in [1.29, 1.82) is 0 Å². The third-order valence-corrected chi connectivity index (χ3v) is 3.50. The summed E-state index contributed by atoms with van der Waals surface area (Å²) in [6.07, 6.45) is 3.16. The number of carbonyl (C=O) groups excluding carboxylic acids is 1. The van der Waals surface area contributed by atoms with Gasteiger partial charge in [-0.3, -0.25) is 4.79 Å². The molecule has 0 bridgehead atoms. The van der Waals surface area contributed by atoms with E-state index in [9.17, 15) is 4.79 Å². The van der Waals surface area contributed by atoms with Crippen LogP contribution in [0.2, 0.25) is 0 Å². The first kappa shape index (κ1) is 12.3. The summed E-state index contributed by atoms with van der Waals surface area (Å²) < 4.78 is 0. The topological polar surface area (TPSA) is 29.1 Å². The Morgan fingerprint density at radius 3 is 2.47 bits per heavy atom. The van der Waals surface area contributed by atoms with E-state index in [1.807, 2.05) is 13.0 Å². The highest BCUT2D eigenvalue weighted by atomic mass is 16.1. The molecule has 0 atom stereocenters. The van der Waals surface area contributed by atoms with E-state index in [1.54, 1.807) is 0 Å². The zero-order chi connectivity index (χ0) is 12.4. The van der Waals surface area contributed by atoms with Gasteiger partial charge in [-0.15, -0.1) is 0 Å². The second kappa shape index (κ2) is 5.01. The van der Waals surface area contributed by atoms with Gasteiger partial charge in [-0.25, -0.2) is 0 Å². The summed E-state index contributed by atoms with van der Waals surface area (Å²) in [5.41, 5.74) is 4.46. The molecule has 17 heavy (non-hydrogen) atoms.